The van der Waals surface area contributed by atoms with E-state index >= 15 is 0 Å². The van der Waals surface area contributed by atoms with E-state index in [1.165, 1.54) is 0 Å². The van der Waals surface area contributed by atoms with Crippen molar-refractivity contribution >= 4 is 17.3 Å². The van der Waals surface area contributed by atoms with Crippen LogP contribution >= 0.6 is 0 Å². The molecule has 5 heteroatoms. The van der Waals surface area contributed by atoms with Crippen molar-refractivity contribution in [2.45, 2.75) is 26.2 Å². The third-order valence-corrected chi connectivity index (χ3v) is 2.44. The minimum absolute atomic E-state index is 0.287. The van der Waals surface area contributed by atoms with Crippen molar-refractivity contribution in [1.29, 1.82) is 0 Å². The summed E-state index contributed by atoms with van der Waals surface area (Å²) in [6, 6.07) is 5.62. The summed E-state index contributed by atoms with van der Waals surface area (Å²) in [5.41, 5.74) is 12.5. The van der Waals surface area contributed by atoms with Crippen molar-refractivity contribution in [3.63, 3.8) is 0 Å². The zero-order valence-corrected chi connectivity index (χ0v) is 10.7. The van der Waals surface area contributed by atoms with Crippen LogP contribution in [-0.2, 0) is 4.79 Å². The van der Waals surface area contributed by atoms with Gasteiger partial charge in [0.15, 0.2) is 0 Å². The standard InChI is InChI=1S/C13H21N3O2/c1-2-9-18-11-6-3-5-10(13(11)15)16-8-4-7-12(14)17/h3,5-6,16H,2,4,7-9,15H2,1H3,(H2,14,17). The summed E-state index contributed by atoms with van der Waals surface area (Å²) in [7, 11) is 0. The largest absolute Gasteiger partial charge is 0.491 e. The van der Waals surface area contributed by atoms with Gasteiger partial charge in [-0.2, -0.15) is 0 Å². The molecule has 0 saturated heterocycles. The van der Waals surface area contributed by atoms with Crippen LogP contribution in [0.5, 0.6) is 5.75 Å². The number of carbonyl (C=O) groups excluding carboxylic acids is 1. The maximum Gasteiger partial charge on any atom is 0.217 e. The number of hydrogen-bond acceptors (Lipinski definition) is 4. The number of primary amides is 1. The second-order valence-corrected chi connectivity index (χ2v) is 4.06. The lowest BCUT2D eigenvalue weighted by Crippen LogP contribution is -2.13. The Hall–Kier alpha value is -1.91. The second-order valence-electron chi connectivity index (χ2n) is 4.06. The Labute approximate surface area is 107 Å². The van der Waals surface area contributed by atoms with E-state index in [2.05, 4.69) is 5.32 Å². The molecule has 5 nitrogen and oxygen atoms in total. The molecule has 0 saturated carbocycles. The molecule has 0 aliphatic carbocycles. The highest BCUT2D eigenvalue weighted by molar-refractivity contribution is 5.74. The minimum Gasteiger partial charge on any atom is -0.491 e. The number of ether oxygens (including phenoxy) is 1. The summed E-state index contributed by atoms with van der Waals surface area (Å²) in [5.74, 6) is 0.404. The number of hydrogen-bond donors (Lipinski definition) is 3. The fourth-order valence-electron chi connectivity index (χ4n) is 1.52. The lowest BCUT2D eigenvalue weighted by molar-refractivity contribution is -0.118. The number of benzene rings is 1. The second kappa shape index (κ2) is 7.42. The molecule has 0 spiro atoms. The Morgan fingerprint density at radius 1 is 1.44 bits per heavy atom. The van der Waals surface area contributed by atoms with E-state index in [9.17, 15) is 4.79 Å². The number of amides is 1. The lowest BCUT2D eigenvalue weighted by atomic mass is 10.2. The molecular weight excluding hydrogens is 230 g/mol. The predicted molar refractivity (Wildman–Crippen MR) is 73.6 cm³/mol. The fraction of sp³-hybridized carbons (Fsp3) is 0.462. The van der Waals surface area contributed by atoms with Crippen LogP contribution in [0.3, 0.4) is 0 Å². The molecule has 0 aliphatic rings. The van der Waals surface area contributed by atoms with Crippen LogP contribution in [0.1, 0.15) is 26.2 Å². The number of nitrogen functional groups attached to an aromatic ring is 1. The molecule has 5 N–H and O–H groups in total. The Kier molecular flexibility index (Phi) is 5.84. The van der Waals surface area contributed by atoms with Crippen LogP contribution < -0.4 is 21.5 Å². The Morgan fingerprint density at radius 2 is 2.22 bits per heavy atom. The maximum atomic E-state index is 10.6. The highest BCUT2D eigenvalue weighted by atomic mass is 16.5. The quantitative estimate of drug-likeness (QED) is 0.485. The smallest absolute Gasteiger partial charge is 0.217 e. The Balaban J connectivity index is 2.52. The van der Waals surface area contributed by atoms with Crippen molar-refractivity contribution in [3.8, 4) is 5.75 Å². The predicted octanol–water partition coefficient (Wildman–Crippen LogP) is 1.73. The molecule has 0 radical (unpaired) electrons. The van der Waals surface area contributed by atoms with Gasteiger partial charge in [-0.15, -0.1) is 0 Å². The number of para-hydroxylation sites is 1. The number of anilines is 2. The van der Waals surface area contributed by atoms with Crippen molar-refractivity contribution < 1.29 is 9.53 Å². The van der Waals surface area contributed by atoms with Gasteiger partial charge in [0.25, 0.3) is 0 Å². The summed E-state index contributed by atoms with van der Waals surface area (Å²) in [5, 5.41) is 3.17. The average molecular weight is 251 g/mol. The molecular formula is C13H21N3O2. The van der Waals surface area contributed by atoms with Gasteiger partial charge in [-0.1, -0.05) is 13.0 Å². The summed E-state index contributed by atoms with van der Waals surface area (Å²) in [4.78, 5) is 10.6. The van der Waals surface area contributed by atoms with Crippen LogP contribution in [0, 0.1) is 0 Å². The van der Waals surface area contributed by atoms with Gasteiger partial charge in [0.05, 0.1) is 18.0 Å². The zero-order valence-electron chi connectivity index (χ0n) is 10.7. The van der Waals surface area contributed by atoms with E-state index in [-0.39, 0.29) is 5.91 Å². The van der Waals surface area contributed by atoms with Gasteiger partial charge in [0.2, 0.25) is 5.91 Å². The van der Waals surface area contributed by atoms with E-state index in [0.717, 1.165) is 12.1 Å². The van der Waals surface area contributed by atoms with Crippen LogP contribution in [0.4, 0.5) is 11.4 Å². The molecule has 0 heterocycles. The van der Waals surface area contributed by atoms with Gasteiger partial charge in [0.1, 0.15) is 5.75 Å². The number of nitrogens with one attached hydrogen (secondary N) is 1. The lowest BCUT2D eigenvalue weighted by Gasteiger charge is -2.13. The van der Waals surface area contributed by atoms with Gasteiger partial charge in [-0.25, -0.2) is 0 Å². The van der Waals surface area contributed by atoms with Crippen LogP contribution in [0.15, 0.2) is 18.2 Å². The van der Waals surface area contributed by atoms with Crippen molar-refractivity contribution in [3.05, 3.63) is 18.2 Å². The summed E-state index contributed by atoms with van der Waals surface area (Å²) < 4.78 is 5.53. The number of rotatable bonds is 8. The van der Waals surface area contributed by atoms with Crippen molar-refractivity contribution in [2.24, 2.45) is 5.73 Å². The molecule has 1 rings (SSSR count). The van der Waals surface area contributed by atoms with E-state index in [1.54, 1.807) is 0 Å². The third-order valence-electron chi connectivity index (χ3n) is 2.44. The maximum absolute atomic E-state index is 10.6. The van der Waals surface area contributed by atoms with Gasteiger partial charge < -0.3 is 21.5 Å². The first-order valence-corrected chi connectivity index (χ1v) is 6.18. The Morgan fingerprint density at radius 3 is 2.89 bits per heavy atom. The van der Waals surface area contributed by atoms with E-state index < -0.39 is 0 Å². The Bertz CT molecular complexity index is 394. The number of carbonyl (C=O) groups is 1. The molecule has 0 aliphatic heterocycles. The van der Waals surface area contributed by atoms with E-state index in [0.29, 0.717) is 37.4 Å². The average Bonchev–Trinajstić information content (AvgIpc) is 2.34. The topological polar surface area (TPSA) is 90.4 Å². The van der Waals surface area contributed by atoms with E-state index in [4.69, 9.17) is 16.2 Å². The van der Waals surface area contributed by atoms with Crippen LogP contribution in [-0.4, -0.2) is 19.1 Å². The molecule has 0 fully saturated rings. The highest BCUT2D eigenvalue weighted by Crippen LogP contribution is 2.29. The first-order chi connectivity index (χ1) is 8.65. The molecule has 0 unspecified atom stereocenters. The summed E-state index contributed by atoms with van der Waals surface area (Å²) in [6.45, 7) is 3.35. The molecule has 0 bridgehead atoms. The minimum atomic E-state index is -0.287. The van der Waals surface area contributed by atoms with Gasteiger partial charge in [0, 0.05) is 13.0 Å². The monoisotopic (exact) mass is 251 g/mol. The molecule has 1 aromatic carbocycles. The van der Waals surface area contributed by atoms with Crippen LogP contribution in [0.25, 0.3) is 0 Å². The first kappa shape index (κ1) is 14.2. The molecule has 1 aromatic rings. The first-order valence-electron chi connectivity index (χ1n) is 6.18. The molecule has 18 heavy (non-hydrogen) atoms. The molecule has 0 aromatic heterocycles. The molecule has 0 atom stereocenters. The molecule has 1 amide bonds. The van der Waals surface area contributed by atoms with Crippen molar-refractivity contribution in [2.75, 3.05) is 24.2 Å². The van der Waals surface area contributed by atoms with Gasteiger partial charge >= 0.3 is 0 Å². The normalized spacial score (nSPS) is 10.1. The number of nitrogens with two attached hydrogens (primary N) is 2. The fourth-order valence-corrected chi connectivity index (χ4v) is 1.52. The van der Waals surface area contributed by atoms with Gasteiger partial charge in [-0.05, 0) is 25.0 Å². The molecule has 100 valence electrons. The highest BCUT2D eigenvalue weighted by Gasteiger charge is 2.05. The van der Waals surface area contributed by atoms with Gasteiger partial charge in [-0.3, -0.25) is 4.79 Å². The zero-order chi connectivity index (χ0) is 13.4. The van der Waals surface area contributed by atoms with Crippen LogP contribution in [0.2, 0.25) is 0 Å². The summed E-state index contributed by atoms with van der Waals surface area (Å²) >= 11 is 0. The summed E-state index contributed by atoms with van der Waals surface area (Å²) in [6.07, 6.45) is 2.00. The SMILES string of the molecule is CCCOc1cccc(NCCCC(N)=O)c1N. The third kappa shape index (κ3) is 4.53. The van der Waals surface area contributed by atoms with Crippen molar-refractivity contribution in [1.82, 2.24) is 0 Å². The van der Waals surface area contributed by atoms with E-state index in [1.807, 2.05) is 25.1 Å².